The number of likely N-dealkylation sites (N-methyl/N-ethyl adjacent to an activating group) is 1. The maximum absolute atomic E-state index is 12.9. The number of amides is 2. The largest absolute Gasteiger partial charge is 0.497 e. The van der Waals surface area contributed by atoms with Crippen LogP contribution in [0.3, 0.4) is 0 Å². The van der Waals surface area contributed by atoms with Gasteiger partial charge < -0.3 is 19.7 Å². The van der Waals surface area contributed by atoms with Gasteiger partial charge in [-0.3, -0.25) is 9.59 Å². The van der Waals surface area contributed by atoms with Crippen molar-refractivity contribution in [3.8, 4) is 11.5 Å². The van der Waals surface area contributed by atoms with Crippen molar-refractivity contribution in [3.63, 3.8) is 0 Å². The highest BCUT2D eigenvalue weighted by atomic mass is 35.5. The first-order valence-electron chi connectivity index (χ1n) is 9.03. The van der Waals surface area contributed by atoms with E-state index in [4.69, 9.17) is 21.1 Å². The third kappa shape index (κ3) is 6.16. The van der Waals surface area contributed by atoms with E-state index in [1.807, 2.05) is 31.2 Å². The van der Waals surface area contributed by atoms with E-state index in [-0.39, 0.29) is 25.0 Å². The average molecular weight is 405 g/mol. The van der Waals surface area contributed by atoms with Gasteiger partial charge in [-0.1, -0.05) is 29.8 Å². The summed E-state index contributed by atoms with van der Waals surface area (Å²) in [5.41, 5.74) is 0.853. The van der Waals surface area contributed by atoms with E-state index in [2.05, 4.69) is 5.32 Å². The van der Waals surface area contributed by atoms with E-state index in [1.165, 1.54) is 4.90 Å². The van der Waals surface area contributed by atoms with Crippen molar-refractivity contribution in [2.24, 2.45) is 0 Å². The Hall–Kier alpha value is -2.73. The lowest BCUT2D eigenvalue weighted by Crippen LogP contribution is -2.49. The number of hydrogen-bond donors (Lipinski definition) is 1. The van der Waals surface area contributed by atoms with Gasteiger partial charge in [0, 0.05) is 18.1 Å². The lowest BCUT2D eigenvalue weighted by atomic mass is 10.1. The Morgan fingerprint density at radius 1 is 1.14 bits per heavy atom. The highest BCUT2D eigenvalue weighted by molar-refractivity contribution is 6.30. The monoisotopic (exact) mass is 404 g/mol. The van der Waals surface area contributed by atoms with Gasteiger partial charge in [0.2, 0.25) is 5.91 Å². The molecule has 0 aliphatic carbocycles. The molecule has 0 radical (unpaired) electrons. The molecule has 2 aromatic rings. The first kappa shape index (κ1) is 21.6. The highest BCUT2D eigenvalue weighted by Crippen LogP contribution is 2.19. The molecule has 1 atom stereocenters. The average Bonchev–Trinajstić information content (AvgIpc) is 2.70. The maximum Gasteiger partial charge on any atom is 0.261 e. The summed E-state index contributed by atoms with van der Waals surface area (Å²) in [5.74, 6) is 0.654. The number of ether oxygens (including phenoxy) is 2. The van der Waals surface area contributed by atoms with Crippen molar-refractivity contribution in [1.82, 2.24) is 10.2 Å². The van der Waals surface area contributed by atoms with Gasteiger partial charge in [-0.15, -0.1) is 0 Å². The van der Waals surface area contributed by atoms with Gasteiger partial charge in [0.25, 0.3) is 5.91 Å². The second-order valence-electron chi connectivity index (χ2n) is 6.19. The van der Waals surface area contributed by atoms with Crippen LogP contribution in [0, 0.1) is 0 Å². The summed E-state index contributed by atoms with van der Waals surface area (Å²) in [6.45, 7) is 4.08. The van der Waals surface area contributed by atoms with E-state index in [1.54, 1.807) is 38.3 Å². The summed E-state index contributed by atoms with van der Waals surface area (Å²) >= 11 is 5.95. The number of benzene rings is 2. The zero-order chi connectivity index (χ0) is 20.5. The standard InChI is InChI=1S/C21H25ClN2O4/c1-4-23-21(26)15(2)24(13-16-7-5-9-18(11-16)27-3)20(25)14-28-19-10-6-8-17(22)12-19/h5-12,15H,4,13-14H2,1-3H3,(H,23,26). The van der Waals surface area contributed by atoms with E-state index in [9.17, 15) is 9.59 Å². The lowest BCUT2D eigenvalue weighted by Gasteiger charge is -2.28. The van der Waals surface area contributed by atoms with Gasteiger partial charge >= 0.3 is 0 Å². The topological polar surface area (TPSA) is 67.9 Å². The Balaban J connectivity index is 2.15. The maximum atomic E-state index is 12.9. The third-order valence-electron chi connectivity index (χ3n) is 4.16. The van der Waals surface area contributed by atoms with Crippen LogP contribution in [0.15, 0.2) is 48.5 Å². The van der Waals surface area contributed by atoms with Crippen LogP contribution in [0.5, 0.6) is 11.5 Å². The minimum atomic E-state index is -0.651. The molecule has 0 aromatic heterocycles. The van der Waals surface area contributed by atoms with Crippen LogP contribution in [-0.4, -0.2) is 43.0 Å². The molecular formula is C21H25ClN2O4. The number of rotatable bonds is 9. The first-order valence-corrected chi connectivity index (χ1v) is 9.40. The number of methoxy groups -OCH3 is 1. The van der Waals surface area contributed by atoms with Crippen molar-refractivity contribution in [3.05, 3.63) is 59.1 Å². The normalized spacial score (nSPS) is 11.4. The van der Waals surface area contributed by atoms with Gasteiger partial charge in [-0.05, 0) is 49.7 Å². The molecule has 1 unspecified atom stereocenters. The number of nitrogens with zero attached hydrogens (tertiary/aromatic N) is 1. The molecule has 0 spiro atoms. The predicted molar refractivity (Wildman–Crippen MR) is 109 cm³/mol. The molecule has 7 heteroatoms. The molecule has 150 valence electrons. The Kier molecular flexibility index (Phi) is 8.14. The van der Waals surface area contributed by atoms with E-state index in [0.29, 0.717) is 23.1 Å². The number of halogens is 1. The molecular weight excluding hydrogens is 380 g/mol. The minimum Gasteiger partial charge on any atom is -0.497 e. The molecule has 28 heavy (non-hydrogen) atoms. The molecule has 0 fully saturated rings. The zero-order valence-electron chi connectivity index (χ0n) is 16.3. The van der Waals surface area contributed by atoms with Gasteiger partial charge in [0.1, 0.15) is 17.5 Å². The fraction of sp³-hybridized carbons (Fsp3) is 0.333. The number of carbonyl (C=O) groups excluding carboxylic acids is 2. The second kappa shape index (κ2) is 10.6. The van der Waals surface area contributed by atoms with Crippen molar-refractivity contribution < 1.29 is 19.1 Å². The van der Waals surface area contributed by atoms with E-state index >= 15 is 0 Å². The van der Waals surface area contributed by atoms with Gasteiger partial charge in [0.15, 0.2) is 6.61 Å². The summed E-state index contributed by atoms with van der Waals surface area (Å²) in [7, 11) is 1.58. The minimum absolute atomic E-state index is 0.200. The van der Waals surface area contributed by atoms with Crippen LogP contribution in [0.1, 0.15) is 19.4 Å². The molecule has 6 nitrogen and oxygen atoms in total. The van der Waals surface area contributed by atoms with Gasteiger partial charge in [-0.25, -0.2) is 0 Å². The first-order chi connectivity index (χ1) is 13.4. The number of nitrogens with one attached hydrogen (secondary N) is 1. The van der Waals surface area contributed by atoms with Crippen LogP contribution in [0.4, 0.5) is 0 Å². The number of hydrogen-bond acceptors (Lipinski definition) is 4. The summed E-state index contributed by atoms with van der Waals surface area (Å²) in [6, 6.07) is 13.6. The lowest BCUT2D eigenvalue weighted by molar-refractivity contribution is -0.142. The number of carbonyl (C=O) groups is 2. The highest BCUT2D eigenvalue weighted by Gasteiger charge is 2.26. The molecule has 0 saturated carbocycles. The van der Waals surface area contributed by atoms with Crippen LogP contribution < -0.4 is 14.8 Å². The molecule has 2 amide bonds. The van der Waals surface area contributed by atoms with Crippen molar-refractivity contribution in [2.75, 3.05) is 20.3 Å². The van der Waals surface area contributed by atoms with Crippen LogP contribution in [-0.2, 0) is 16.1 Å². The van der Waals surface area contributed by atoms with Gasteiger partial charge in [0.05, 0.1) is 7.11 Å². The van der Waals surface area contributed by atoms with Gasteiger partial charge in [-0.2, -0.15) is 0 Å². The summed E-state index contributed by atoms with van der Waals surface area (Å²) in [5, 5.41) is 3.28. The van der Waals surface area contributed by atoms with Crippen LogP contribution >= 0.6 is 11.6 Å². The molecule has 0 bridgehead atoms. The fourth-order valence-electron chi connectivity index (χ4n) is 2.66. The molecule has 0 saturated heterocycles. The smallest absolute Gasteiger partial charge is 0.261 e. The van der Waals surface area contributed by atoms with Crippen LogP contribution in [0.2, 0.25) is 5.02 Å². The van der Waals surface area contributed by atoms with E-state index in [0.717, 1.165) is 5.56 Å². The fourth-order valence-corrected chi connectivity index (χ4v) is 2.84. The Labute approximate surface area is 170 Å². The van der Waals surface area contributed by atoms with Crippen molar-refractivity contribution in [1.29, 1.82) is 0 Å². The van der Waals surface area contributed by atoms with Crippen molar-refractivity contribution >= 4 is 23.4 Å². The second-order valence-corrected chi connectivity index (χ2v) is 6.63. The molecule has 0 aliphatic rings. The quantitative estimate of drug-likeness (QED) is 0.696. The molecule has 1 N–H and O–H groups in total. The SMILES string of the molecule is CCNC(=O)C(C)N(Cc1cccc(OC)c1)C(=O)COc1cccc(Cl)c1. The molecule has 0 aliphatic heterocycles. The molecule has 0 heterocycles. The van der Waals surface area contributed by atoms with Crippen LogP contribution in [0.25, 0.3) is 0 Å². The third-order valence-corrected chi connectivity index (χ3v) is 4.40. The Morgan fingerprint density at radius 3 is 2.54 bits per heavy atom. The molecule has 2 rings (SSSR count). The predicted octanol–water partition coefficient (Wildman–Crippen LogP) is 3.28. The zero-order valence-corrected chi connectivity index (χ0v) is 17.0. The van der Waals surface area contributed by atoms with Crippen molar-refractivity contribution in [2.45, 2.75) is 26.4 Å². The van der Waals surface area contributed by atoms with E-state index < -0.39 is 6.04 Å². The summed E-state index contributed by atoms with van der Waals surface area (Å²) < 4.78 is 10.8. The molecule has 2 aromatic carbocycles. The summed E-state index contributed by atoms with van der Waals surface area (Å²) in [4.78, 5) is 26.7. The Bertz CT molecular complexity index is 812. The Morgan fingerprint density at radius 2 is 1.86 bits per heavy atom. The summed E-state index contributed by atoms with van der Waals surface area (Å²) in [6.07, 6.45) is 0.